The molecule has 0 radical (unpaired) electrons. The zero-order valence-corrected chi connectivity index (χ0v) is 13.5. The fourth-order valence-corrected chi connectivity index (χ4v) is 4.40. The van der Waals surface area contributed by atoms with Crippen molar-refractivity contribution in [2.45, 2.75) is 38.5 Å². The van der Waals surface area contributed by atoms with E-state index in [4.69, 9.17) is 0 Å². The molecule has 0 bridgehead atoms. The van der Waals surface area contributed by atoms with Crippen LogP contribution in [0.1, 0.15) is 48.0 Å². The first-order valence-corrected chi connectivity index (χ1v) is 8.79. The maximum absolute atomic E-state index is 12.7. The first-order valence-electron chi connectivity index (χ1n) is 7.67. The minimum atomic E-state index is 0.234. The number of hydrogen-bond acceptors (Lipinski definition) is 1. The number of carbonyl (C=O) groups is 1. The fraction of sp³-hybridized carbons (Fsp3) is 0.588. The van der Waals surface area contributed by atoms with Crippen LogP contribution in [0.15, 0.2) is 24.3 Å². The number of benzene rings is 1. The third-order valence-electron chi connectivity index (χ3n) is 4.91. The van der Waals surface area contributed by atoms with Crippen LogP contribution < -0.4 is 0 Å². The zero-order valence-electron chi connectivity index (χ0n) is 11.9. The lowest BCUT2D eigenvalue weighted by Crippen LogP contribution is -2.46. The van der Waals surface area contributed by atoms with E-state index in [0.29, 0.717) is 5.41 Å². The third kappa shape index (κ3) is 2.65. The molecule has 1 aromatic rings. The molecule has 2 nitrogen and oxygen atoms in total. The van der Waals surface area contributed by atoms with Gasteiger partial charge >= 0.3 is 0 Å². The van der Waals surface area contributed by atoms with Gasteiger partial charge in [-0.15, -0.1) is 0 Å². The standard InChI is InChI=1S/C17H22BrNO/c18-12-17(9-4-1-5-10-17)13-19-11-8-14-6-2-3-7-15(14)16(19)20/h2-3,6-7H,1,4-5,8-13H2. The molecule has 0 unspecified atom stereocenters. The second-order valence-corrected chi connectivity index (χ2v) is 6.89. The van der Waals surface area contributed by atoms with Gasteiger partial charge in [0.15, 0.2) is 0 Å². The molecule has 20 heavy (non-hydrogen) atoms. The summed E-state index contributed by atoms with van der Waals surface area (Å²) in [5, 5.41) is 1.02. The van der Waals surface area contributed by atoms with Crippen LogP contribution in [0, 0.1) is 5.41 Å². The van der Waals surface area contributed by atoms with Gasteiger partial charge in [-0.05, 0) is 36.3 Å². The highest BCUT2D eigenvalue weighted by atomic mass is 79.9. The van der Waals surface area contributed by atoms with E-state index in [9.17, 15) is 4.79 Å². The van der Waals surface area contributed by atoms with Gasteiger partial charge in [-0.25, -0.2) is 0 Å². The largest absolute Gasteiger partial charge is 0.338 e. The van der Waals surface area contributed by atoms with E-state index in [1.165, 1.54) is 37.7 Å². The van der Waals surface area contributed by atoms with Crippen LogP contribution in [0.5, 0.6) is 0 Å². The molecule has 1 aromatic carbocycles. The van der Waals surface area contributed by atoms with Crippen LogP contribution in [-0.2, 0) is 6.42 Å². The average Bonchev–Trinajstić information content (AvgIpc) is 2.51. The predicted molar refractivity (Wildman–Crippen MR) is 85.4 cm³/mol. The van der Waals surface area contributed by atoms with Crippen LogP contribution in [0.4, 0.5) is 0 Å². The molecule has 3 heteroatoms. The van der Waals surface area contributed by atoms with Gasteiger partial charge in [-0.2, -0.15) is 0 Å². The number of hydrogen-bond donors (Lipinski definition) is 0. The van der Waals surface area contributed by atoms with Gasteiger partial charge in [-0.3, -0.25) is 4.79 Å². The summed E-state index contributed by atoms with van der Waals surface area (Å²) in [6.45, 7) is 1.80. The van der Waals surface area contributed by atoms with E-state index in [-0.39, 0.29) is 5.91 Å². The van der Waals surface area contributed by atoms with E-state index < -0.39 is 0 Å². The molecule has 1 aliphatic heterocycles. The molecular weight excluding hydrogens is 314 g/mol. The molecule has 2 aliphatic rings. The Morgan fingerprint density at radius 1 is 1.15 bits per heavy atom. The highest BCUT2D eigenvalue weighted by molar-refractivity contribution is 9.09. The molecule has 1 saturated carbocycles. The predicted octanol–water partition coefficient (Wildman–Crippen LogP) is 4.03. The molecule has 108 valence electrons. The topological polar surface area (TPSA) is 20.3 Å². The molecule has 0 N–H and O–H groups in total. The highest BCUT2D eigenvalue weighted by Gasteiger charge is 2.36. The normalized spacial score (nSPS) is 21.6. The molecule has 1 heterocycles. The Hall–Kier alpha value is -0.830. The summed E-state index contributed by atoms with van der Waals surface area (Å²) in [5.41, 5.74) is 2.43. The molecule has 3 rings (SSSR count). The van der Waals surface area contributed by atoms with Crippen LogP contribution in [0.25, 0.3) is 0 Å². The molecule has 1 amide bonds. The Balaban J connectivity index is 1.77. The van der Waals surface area contributed by atoms with Crippen molar-refractivity contribution < 1.29 is 4.79 Å². The van der Waals surface area contributed by atoms with Crippen LogP contribution in [-0.4, -0.2) is 29.2 Å². The van der Waals surface area contributed by atoms with E-state index in [1.54, 1.807) is 0 Å². The third-order valence-corrected chi connectivity index (χ3v) is 6.10. The Kier molecular flexibility index (Phi) is 4.16. The maximum atomic E-state index is 12.7. The minimum absolute atomic E-state index is 0.234. The second-order valence-electron chi connectivity index (χ2n) is 6.33. The number of halogens is 1. The first-order chi connectivity index (χ1) is 9.74. The molecule has 0 aromatic heterocycles. The van der Waals surface area contributed by atoms with Crippen LogP contribution >= 0.6 is 15.9 Å². The number of carbonyl (C=O) groups excluding carboxylic acids is 1. The molecule has 1 aliphatic carbocycles. The summed E-state index contributed by atoms with van der Waals surface area (Å²) < 4.78 is 0. The number of fused-ring (bicyclic) bond motifs is 1. The van der Waals surface area contributed by atoms with Crippen molar-refractivity contribution in [3.63, 3.8) is 0 Å². The Bertz CT molecular complexity index is 494. The van der Waals surface area contributed by atoms with Crippen molar-refractivity contribution in [1.82, 2.24) is 4.90 Å². The Morgan fingerprint density at radius 2 is 1.90 bits per heavy atom. The summed E-state index contributed by atoms with van der Waals surface area (Å²) in [6.07, 6.45) is 7.48. The quantitative estimate of drug-likeness (QED) is 0.763. The minimum Gasteiger partial charge on any atom is -0.338 e. The molecule has 0 saturated heterocycles. The van der Waals surface area contributed by atoms with Crippen LogP contribution in [0.2, 0.25) is 0 Å². The van der Waals surface area contributed by atoms with Crippen molar-refractivity contribution >= 4 is 21.8 Å². The Morgan fingerprint density at radius 3 is 2.65 bits per heavy atom. The van der Waals surface area contributed by atoms with Gasteiger partial charge in [0.05, 0.1) is 0 Å². The van der Waals surface area contributed by atoms with Gasteiger partial charge in [0.1, 0.15) is 0 Å². The van der Waals surface area contributed by atoms with E-state index in [1.807, 2.05) is 18.2 Å². The van der Waals surface area contributed by atoms with Crippen molar-refractivity contribution in [2.75, 3.05) is 18.4 Å². The van der Waals surface area contributed by atoms with E-state index in [0.717, 1.165) is 30.4 Å². The Labute approximate surface area is 129 Å². The van der Waals surface area contributed by atoms with Gasteiger partial charge < -0.3 is 4.90 Å². The molecule has 0 spiro atoms. The van der Waals surface area contributed by atoms with Crippen LogP contribution in [0.3, 0.4) is 0 Å². The first kappa shape index (κ1) is 14.1. The molecular formula is C17H22BrNO. The summed E-state index contributed by atoms with van der Waals surface area (Å²) in [5.74, 6) is 0.234. The average molecular weight is 336 g/mol. The van der Waals surface area contributed by atoms with Crippen molar-refractivity contribution in [2.24, 2.45) is 5.41 Å². The highest BCUT2D eigenvalue weighted by Crippen LogP contribution is 2.39. The summed E-state index contributed by atoms with van der Waals surface area (Å²) in [7, 11) is 0. The number of rotatable bonds is 3. The summed E-state index contributed by atoms with van der Waals surface area (Å²) >= 11 is 3.71. The van der Waals surface area contributed by atoms with Gasteiger partial charge in [0.25, 0.3) is 5.91 Å². The molecule has 1 fully saturated rings. The monoisotopic (exact) mass is 335 g/mol. The van der Waals surface area contributed by atoms with Gasteiger partial charge in [-0.1, -0.05) is 53.4 Å². The van der Waals surface area contributed by atoms with Crippen molar-refractivity contribution in [1.29, 1.82) is 0 Å². The van der Waals surface area contributed by atoms with E-state index >= 15 is 0 Å². The maximum Gasteiger partial charge on any atom is 0.254 e. The number of alkyl halides is 1. The number of amides is 1. The second kappa shape index (κ2) is 5.88. The zero-order chi connectivity index (χ0) is 14.0. The van der Waals surface area contributed by atoms with Gasteiger partial charge in [0.2, 0.25) is 0 Å². The SMILES string of the molecule is O=C1c2ccccc2CCN1CC1(CBr)CCCCC1. The van der Waals surface area contributed by atoms with Crippen molar-refractivity contribution in [3.05, 3.63) is 35.4 Å². The van der Waals surface area contributed by atoms with Crippen molar-refractivity contribution in [3.8, 4) is 0 Å². The molecule has 0 atom stereocenters. The lowest BCUT2D eigenvalue weighted by molar-refractivity contribution is 0.0611. The summed E-state index contributed by atoms with van der Waals surface area (Å²) in [6, 6.07) is 8.07. The number of nitrogens with zero attached hydrogens (tertiary/aromatic N) is 1. The van der Waals surface area contributed by atoms with E-state index in [2.05, 4.69) is 26.9 Å². The lowest BCUT2D eigenvalue weighted by Gasteiger charge is -2.41. The van der Waals surface area contributed by atoms with Gasteiger partial charge in [0, 0.05) is 24.0 Å². The lowest BCUT2D eigenvalue weighted by atomic mass is 9.75. The summed E-state index contributed by atoms with van der Waals surface area (Å²) in [4.78, 5) is 14.8. The smallest absolute Gasteiger partial charge is 0.254 e. The fourth-order valence-electron chi connectivity index (χ4n) is 3.67.